The minimum atomic E-state index is -2.77. The Labute approximate surface area is 74.7 Å². The molecule has 0 aliphatic carbocycles. The Morgan fingerprint density at radius 3 is 2.42 bits per heavy atom. The predicted molar refractivity (Wildman–Crippen MR) is 50.0 cm³/mol. The third-order valence-electron chi connectivity index (χ3n) is 2.50. The summed E-state index contributed by atoms with van der Waals surface area (Å²) in [5, 5.41) is -0.186. The molecule has 0 saturated carbocycles. The summed E-state index contributed by atoms with van der Waals surface area (Å²) in [6.45, 7) is 7.39. The first-order valence-corrected chi connectivity index (χ1v) is 6.10. The van der Waals surface area contributed by atoms with Crippen molar-refractivity contribution >= 4 is 9.84 Å². The van der Waals surface area contributed by atoms with E-state index in [0.717, 1.165) is 0 Å². The van der Waals surface area contributed by atoms with Gasteiger partial charge in [-0.15, -0.1) is 0 Å². The van der Waals surface area contributed by atoms with Crippen LogP contribution in [-0.2, 0) is 9.84 Å². The summed E-state index contributed by atoms with van der Waals surface area (Å²) in [6, 6.07) is 0.461. The van der Waals surface area contributed by atoms with Crippen LogP contribution in [0.3, 0.4) is 0 Å². The second kappa shape index (κ2) is 3.34. The lowest BCUT2D eigenvalue weighted by Crippen LogP contribution is -2.48. The fourth-order valence-corrected chi connectivity index (χ4v) is 2.76. The summed E-state index contributed by atoms with van der Waals surface area (Å²) < 4.78 is 22.6. The van der Waals surface area contributed by atoms with Crippen LogP contribution in [0, 0.1) is 0 Å². The zero-order valence-corrected chi connectivity index (χ0v) is 8.76. The number of hydrogen-bond donors (Lipinski definition) is 0. The van der Waals surface area contributed by atoms with Crippen LogP contribution in [0.4, 0.5) is 0 Å². The van der Waals surface area contributed by atoms with E-state index in [-0.39, 0.29) is 5.25 Å². The van der Waals surface area contributed by atoms with Crippen molar-refractivity contribution in [1.29, 1.82) is 0 Å². The van der Waals surface area contributed by atoms with Crippen LogP contribution >= 0.6 is 0 Å². The molecule has 0 aromatic heterocycles. The van der Waals surface area contributed by atoms with Crippen molar-refractivity contribution in [1.82, 2.24) is 4.90 Å². The lowest BCUT2D eigenvalue weighted by atomic mass is 10.3. The van der Waals surface area contributed by atoms with E-state index in [1.54, 1.807) is 6.92 Å². The molecule has 1 aliphatic rings. The van der Waals surface area contributed by atoms with Crippen LogP contribution in [0.1, 0.15) is 20.8 Å². The van der Waals surface area contributed by atoms with Crippen molar-refractivity contribution in [2.24, 2.45) is 0 Å². The monoisotopic (exact) mass is 191 g/mol. The van der Waals surface area contributed by atoms with Crippen LogP contribution in [0.15, 0.2) is 0 Å². The molecule has 1 unspecified atom stereocenters. The third-order valence-corrected chi connectivity index (χ3v) is 4.62. The van der Waals surface area contributed by atoms with Crippen molar-refractivity contribution in [3.05, 3.63) is 0 Å². The van der Waals surface area contributed by atoms with Gasteiger partial charge in [0.25, 0.3) is 0 Å². The average Bonchev–Trinajstić information content (AvgIpc) is 1.94. The molecule has 0 aromatic rings. The van der Waals surface area contributed by atoms with Gasteiger partial charge in [0.15, 0.2) is 9.84 Å². The number of rotatable bonds is 1. The van der Waals surface area contributed by atoms with Gasteiger partial charge < -0.3 is 0 Å². The van der Waals surface area contributed by atoms with Gasteiger partial charge in [-0.1, -0.05) is 0 Å². The maximum Gasteiger partial charge on any atom is 0.155 e. The van der Waals surface area contributed by atoms with Crippen LogP contribution in [0.5, 0.6) is 0 Å². The van der Waals surface area contributed by atoms with E-state index in [9.17, 15) is 8.42 Å². The highest BCUT2D eigenvalue weighted by Gasteiger charge is 2.29. The molecule has 1 saturated heterocycles. The average molecular weight is 191 g/mol. The minimum Gasteiger partial charge on any atom is -0.299 e. The zero-order chi connectivity index (χ0) is 9.35. The molecule has 0 spiro atoms. The largest absolute Gasteiger partial charge is 0.299 e. The lowest BCUT2D eigenvalue weighted by Gasteiger charge is -2.33. The Hall–Kier alpha value is -0.0900. The molecule has 0 N–H and O–H groups in total. The molecule has 1 rings (SSSR count). The summed E-state index contributed by atoms with van der Waals surface area (Å²) in [6.07, 6.45) is 0. The maximum atomic E-state index is 11.3. The van der Waals surface area contributed by atoms with Gasteiger partial charge in [-0.05, 0) is 20.8 Å². The first-order chi connectivity index (χ1) is 5.43. The van der Waals surface area contributed by atoms with E-state index in [1.807, 2.05) is 0 Å². The Kier molecular flexibility index (Phi) is 2.78. The Morgan fingerprint density at radius 1 is 1.42 bits per heavy atom. The zero-order valence-electron chi connectivity index (χ0n) is 7.95. The van der Waals surface area contributed by atoms with E-state index < -0.39 is 9.84 Å². The minimum absolute atomic E-state index is 0.186. The molecular weight excluding hydrogens is 174 g/mol. The number of sulfone groups is 1. The maximum absolute atomic E-state index is 11.3. The van der Waals surface area contributed by atoms with E-state index in [1.165, 1.54) is 0 Å². The molecule has 72 valence electrons. The normalized spacial score (nSPS) is 30.8. The molecule has 0 amide bonds. The van der Waals surface area contributed by atoms with Gasteiger partial charge in [0, 0.05) is 19.1 Å². The third kappa shape index (κ3) is 1.98. The van der Waals surface area contributed by atoms with Gasteiger partial charge in [-0.2, -0.15) is 0 Å². The SMILES string of the molecule is CC(C)N1CCS(=O)(=O)C(C)C1. The molecule has 3 nitrogen and oxygen atoms in total. The second-order valence-electron chi connectivity index (χ2n) is 3.77. The Balaban J connectivity index is 2.64. The molecule has 0 aromatic carbocycles. The summed E-state index contributed by atoms with van der Waals surface area (Å²) >= 11 is 0. The van der Waals surface area contributed by atoms with Gasteiger partial charge in [0.1, 0.15) is 0 Å². The summed E-state index contributed by atoms with van der Waals surface area (Å²) in [7, 11) is -2.77. The highest BCUT2D eigenvalue weighted by molar-refractivity contribution is 7.92. The van der Waals surface area contributed by atoms with Crippen molar-refractivity contribution in [2.45, 2.75) is 32.1 Å². The van der Waals surface area contributed by atoms with Crippen molar-refractivity contribution < 1.29 is 8.42 Å². The second-order valence-corrected chi connectivity index (χ2v) is 6.30. The fraction of sp³-hybridized carbons (Fsp3) is 1.00. The van der Waals surface area contributed by atoms with Crippen LogP contribution < -0.4 is 0 Å². The molecule has 0 bridgehead atoms. The van der Waals surface area contributed by atoms with E-state index >= 15 is 0 Å². The molecule has 4 heteroatoms. The highest BCUT2D eigenvalue weighted by atomic mass is 32.2. The van der Waals surface area contributed by atoms with Crippen molar-refractivity contribution in [3.8, 4) is 0 Å². The first kappa shape index (κ1) is 9.99. The first-order valence-electron chi connectivity index (χ1n) is 4.39. The Morgan fingerprint density at radius 2 is 2.00 bits per heavy atom. The Bertz CT molecular complexity index is 246. The van der Waals surface area contributed by atoms with Crippen molar-refractivity contribution in [3.63, 3.8) is 0 Å². The summed E-state index contributed by atoms with van der Waals surface area (Å²) in [5.41, 5.74) is 0. The molecular formula is C8H17NO2S. The predicted octanol–water partition coefficient (Wildman–Crippen LogP) is 0.514. The standard InChI is InChI=1S/C8H17NO2S/c1-7(2)9-4-5-12(10,11)8(3)6-9/h7-8H,4-6H2,1-3H3. The molecule has 1 aliphatic heterocycles. The fourth-order valence-electron chi connectivity index (χ4n) is 1.45. The molecule has 1 atom stereocenters. The van der Waals surface area contributed by atoms with Gasteiger partial charge >= 0.3 is 0 Å². The number of nitrogens with zero attached hydrogens (tertiary/aromatic N) is 1. The smallest absolute Gasteiger partial charge is 0.155 e. The molecule has 12 heavy (non-hydrogen) atoms. The van der Waals surface area contributed by atoms with E-state index in [2.05, 4.69) is 18.7 Å². The summed E-state index contributed by atoms with van der Waals surface area (Å²) in [4.78, 5) is 2.21. The van der Waals surface area contributed by atoms with E-state index in [0.29, 0.717) is 24.9 Å². The van der Waals surface area contributed by atoms with Gasteiger partial charge in [-0.3, -0.25) is 4.90 Å². The quantitative estimate of drug-likeness (QED) is 0.606. The highest BCUT2D eigenvalue weighted by Crippen LogP contribution is 2.13. The van der Waals surface area contributed by atoms with Gasteiger partial charge in [0.2, 0.25) is 0 Å². The van der Waals surface area contributed by atoms with Crippen molar-refractivity contribution in [2.75, 3.05) is 18.8 Å². The lowest BCUT2D eigenvalue weighted by molar-refractivity contribution is 0.226. The molecule has 1 heterocycles. The van der Waals surface area contributed by atoms with Crippen LogP contribution in [0.2, 0.25) is 0 Å². The summed E-state index contributed by atoms with van der Waals surface area (Å²) in [5.74, 6) is 0.326. The van der Waals surface area contributed by atoms with E-state index in [4.69, 9.17) is 0 Å². The number of hydrogen-bond acceptors (Lipinski definition) is 3. The van der Waals surface area contributed by atoms with Crippen LogP contribution in [0.25, 0.3) is 0 Å². The van der Waals surface area contributed by atoms with Gasteiger partial charge in [0.05, 0.1) is 11.0 Å². The van der Waals surface area contributed by atoms with Crippen LogP contribution in [-0.4, -0.2) is 43.5 Å². The molecule has 1 fully saturated rings. The topological polar surface area (TPSA) is 37.4 Å². The molecule has 0 radical (unpaired) electrons. The van der Waals surface area contributed by atoms with Gasteiger partial charge in [-0.25, -0.2) is 8.42 Å².